The molecule has 1 heterocycles. The van der Waals surface area contributed by atoms with Crippen LogP contribution in [0, 0.1) is 0 Å². The summed E-state index contributed by atoms with van der Waals surface area (Å²) in [7, 11) is 2.10. The molecule has 0 saturated heterocycles. The Bertz CT molecular complexity index is 565. The molecule has 0 saturated carbocycles. The van der Waals surface area contributed by atoms with Gasteiger partial charge in [0.25, 0.3) is 0 Å². The maximum Gasteiger partial charge on any atom is 0.190 e. The quantitative estimate of drug-likeness (QED) is 0.363. The molecule has 4 nitrogen and oxygen atoms in total. The highest BCUT2D eigenvalue weighted by molar-refractivity contribution is 7.98. The zero-order valence-electron chi connectivity index (χ0n) is 12.2. The Morgan fingerprint density at radius 2 is 2.00 bits per heavy atom. The largest absolute Gasteiger partial charge is 0.375 e. The van der Waals surface area contributed by atoms with Crippen molar-refractivity contribution in [1.82, 2.24) is 9.97 Å². The van der Waals surface area contributed by atoms with Gasteiger partial charge in [-0.15, -0.1) is 0 Å². The average molecular weight is 323 g/mol. The van der Waals surface area contributed by atoms with Crippen LogP contribution in [-0.4, -0.2) is 36.4 Å². The molecule has 0 radical (unpaired) electrons. The average Bonchev–Trinajstić information content (AvgIpc) is 2.51. The van der Waals surface area contributed by atoms with E-state index in [-0.39, 0.29) is 0 Å². The molecule has 0 atom stereocenters. The molecule has 0 unspecified atom stereocenters. The zero-order chi connectivity index (χ0) is 15.1. The molecule has 0 bridgehead atoms. The lowest BCUT2D eigenvalue weighted by atomic mass is 10.3. The number of para-hydroxylation sites is 1. The second kappa shape index (κ2) is 8.10. The second-order valence-corrected chi connectivity index (χ2v) is 5.76. The molecule has 1 aromatic heterocycles. The second-order valence-electron chi connectivity index (χ2n) is 4.60. The molecular weight excluding hydrogens is 304 g/mol. The van der Waals surface area contributed by atoms with Gasteiger partial charge in [-0.25, -0.2) is 9.97 Å². The number of hydrogen-bond acceptors (Lipinski definition) is 5. The standard InChI is InChI=1S/C15H19ClN4S/c1-20(12-7-4-3-5-8-12)10-6-9-17-14-11-13(16)18-15(19-14)21-2/h3-5,7-8,11H,6,9-10H2,1-2H3,(H,17,18,19). The Morgan fingerprint density at radius 1 is 1.24 bits per heavy atom. The van der Waals surface area contributed by atoms with Crippen LogP contribution in [0.5, 0.6) is 0 Å². The van der Waals surface area contributed by atoms with Gasteiger partial charge in [0, 0.05) is 31.9 Å². The third kappa shape index (κ3) is 5.10. The topological polar surface area (TPSA) is 41.1 Å². The van der Waals surface area contributed by atoms with Crippen LogP contribution in [0.25, 0.3) is 0 Å². The van der Waals surface area contributed by atoms with Crippen molar-refractivity contribution >= 4 is 34.9 Å². The maximum atomic E-state index is 5.96. The lowest BCUT2D eigenvalue weighted by Gasteiger charge is -2.19. The minimum atomic E-state index is 0.471. The predicted octanol–water partition coefficient (Wildman–Crippen LogP) is 3.79. The van der Waals surface area contributed by atoms with Crippen LogP contribution in [0.1, 0.15) is 6.42 Å². The molecule has 0 aliphatic rings. The Hall–Kier alpha value is -1.46. The van der Waals surface area contributed by atoms with Crippen molar-refractivity contribution in [2.45, 2.75) is 11.6 Å². The van der Waals surface area contributed by atoms with Gasteiger partial charge in [-0.2, -0.15) is 0 Å². The van der Waals surface area contributed by atoms with Crippen LogP contribution in [0.3, 0.4) is 0 Å². The van der Waals surface area contributed by atoms with Crippen molar-refractivity contribution in [3.05, 3.63) is 41.6 Å². The van der Waals surface area contributed by atoms with Gasteiger partial charge < -0.3 is 10.2 Å². The summed E-state index contributed by atoms with van der Waals surface area (Å²) in [6.07, 6.45) is 2.95. The van der Waals surface area contributed by atoms with Gasteiger partial charge in [0.15, 0.2) is 5.16 Å². The van der Waals surface area contributed by atoms with Gasteiger partial charge >= 0.3 is 0 Å². The fourth-order valence-corrected chi connectivity index (χ4v) is 2.54. The van der Waals surface area contributed by atoms with Crippen LogP contribution < -0.4 is 10.2 Å². The SMILES string of the molecule is CSc1nc(Cl)cc(NCCCN(C)c2ccccc2)n1. The molecule has 2 rings (SSSR count). The van der Waals surface area contributed by atoms with Crippen molar-refractivity contribution in [3.8, 4) is 0 Å². The van der Waals surface area contributed by atoms with E-state index in [0.29, 0.717) is 10.3 Å². The number of hydrogen-bond donors (Lipinski definition) is 1. The van der Waals surface area contributed by atoms with E-state index in [1.165, 1.54) is 17.4 Å². The highest BCUT2D eigenvalue weighted by atomic mass is 35.5. The molecule has 1 N–H and O–H groups in total. The summed E-state index contributed by atoms with van der Waals surface area (Å²) >= 11 is 7.44. The fraction of sp³-hybridized carbons (Fsp3) is 0.333. The van der Waals surface area contributed by atoms with Crippen LogP contribution >= 0.6 is 23.4 Å². The smallest absolute Gasteiger partial charge is 0.190 e. The molecule has 2 aromatic rings. The molecule has 0 spiro atoms. The number of halogens is 1. The number of nitrogens with one attached hydrogen (secondary N) is 1. The Morgan fingerprint density at radius 3 is 2.71 bits per heavy atom. The lowest BCUT2D eigenvalue weighted by Crippen LogP contribution is -2.20. The van der Waals surface area contributed by atoms with E-state index >= 15 is 0 Å². The zero-order valence-corrected chi connectivity index (χ0v) is 13.8. The van der Waals surface area contributed by atoms with Crippen molar-refractivity contribution in [1.29, 1.82) is 0 Å². The first-order chi connectivity index (χ1) is 10.2. The van der Waals surface area contributed by atoms with Gasteiger partial charge in [0.2, 0.25) is 0 Å². The summed E-state index contributed by atoms with van der Waals surface area (Å²) in [5.74, 6) is 0.779. The fourth-order valence-electron chi connectivity index (χ4n) is 1.92. The number of nitrogens with zero attached hydrogens (tertiary/aromatic N) is 3. The predicted molar refractivity (Wildman–Crippen MR) is 91.6 cm³/mol. The summed E-state index contributed by atoms with van der Waals surface area (Å²) in [4.78, 5) is 10.7. The highest BCUT2D eigenvalue weighted by Gasteiger charge is 2.03. The summed E-state index contributed by atoms with van der Waals surface area (Å²) in [6, 6.07) is 12.1. The first-order valence-electron chi connectivity index (χ1n) is 6.77. The first-order valence-corrected chi connectivity index (χ1v) is 8.38. The normalized spacial score (nSPS) is 10.4. The number of thioether (sulfide) groups is 1. The summed E-state index contributed by atoms with van der Waals surface area (Å²) in [6.45, 7) is 1.82. The van der Waals surface area contributed by atoms with E-state index in [1.54, 1.807) is 6.07 Å². The monoisotopic (exact) mass is 322 g/mol. The minimum Gasteiger partial charge on any atom is -0.375 e. The first kappa shape index (κ1) is 15.9. The van der Waals surface area contributed by atoms with E-state index in [2.05, 4.69) is 51.5 Å². The molecule has 0 aliphatic heterocycles. The number of rotatable bonds is 7. The number of benzene rings is 1. The van der Waals surface area contributed by atoms with Gasteiger partial charge in [-0.1, -0.05) is 41.6 Å². The van der Waals surface area contributed by atoms with Crippen molar-refractivity contribution in [2.75, 3.05) is 36.6 Å². The van der Waals surface area contributed by atoms with E-state index in [1.807, 2.05) is 12.3 Å². The van der Waals surface area contributed by atoms with Crippen molar-refractivity contribution < 1.29 is 0 Å². The van der Waals surface area contributed by atoms with Gasteiger partial charge in [-0.3, -0.25) is 0 Å². The van der Waals surface area contributed by atoms with Crippen LogP contribution in [-0.2, 0) is 0 Å². The summed E-state index contributed by atoms with van der Waals surface area (Å²) in [5, 5.41) is 4.45. The molecule has 1 aromatic carbocycles. The molecule has 21 heavy (non-hydrogen) atoms. The molecule has 0 fully saturated rings. The third-order valence-corrected chi connectivity index (χ3v) is 3.77. The minimum absolute atomic E-state index is 0.471. The van der Waals surface area contributed by atoms with E-state index in [4.69, 9.17) is 11.6 Å². The van der Waals surface area contributed by atoms with E-state index in [9.17, 15) is 0 Å². The number of anilines is 2. The van der Waals surface area contributed by atoms with Crippen molar-refractivity contribution in [3.63, 3.8) is 0 Å². The van der Waals surface area contributed by atoms with Gasteiger partial charge in [0.05, 0.1) is 0 Å². The third-order valence-electron chi connectivity index (χ3n) is 3.03. The van der Waals surface area contributed by atoms with Crippen LogP contribution in [0.15, 0.2) is 41.6 Å². The van der Waals surface area contributed by atoms with Gasteiger partial charge in [0.1, 0.15) is 11.0 Å². The maximum absolute atomic E-state index is 5.96. The lowest BCUT2D eigenvalue weighted by molar-refractivity contribution is 0.811. The van der Waals surface area contributed by atoms with Gasteiger partial charge in [-0.05, 0) is 24.8 Å². The molecule has 0 amide bonds. The molecule has 0 aliphatic carbocycles. The molecule has 6 heteroatoms. The summed E-state index contributed by atoms with van der Waals surface area (Å²) in [5.41, 5.74) is 1.23. The van der Waals surface area contributed by atoms with Crippen LogP contribution in [0.4, 0.5) is 11.5 Å². The van der Waals surface area contributed by atoms with E-state index < -0.39 is 0 Å². The van der Waals surface area contributed by atoms with E-state index in [0.717, 1.165) is 25.3 Å². The number of aromatic nitrogens is 2. The Kier molecular flexibility index (Phi) is 6.14. The Labute approximate surface area is 134 Å². The molecular formula is C15H19ClN4S. The molecule has 112 valence electrons. The highest BCUT2D eigenvalue weighted by Crippen LogP contribution is 2.17. The summed E-state index contributed by atoms with van der Waals surface area (Å²) < 4.78 is 0. The Balaban J connectivity index is 1.78. The van der Waals surface area contributed by atoms with Crippen molar-refractivity contribution in [2.24, 2.45) is 0 Å². The van der Waals surface area contributed by atoms with Crippen LogP contribution in [0.2, 0.25) is 5.15 Å².